The number of carbonyl (C=O) groups excluding carboxylic acids is 1. The van der Waals surface area contributed by atoms with Crippen molar-refractivity contribution < 1.29 is 39.8 Å². The third-order valence-corrected chi connectivity index (χ3v) is 11.5. The fourth-order valence-electron chi connectivity index (χ4n) is 7.62. The van der Waals surface area contributed by atoms with E-state index in [4.69, 9.17) is 9.47 Å². The van der Waals surface area contributed by atoms with Crippen LogP contribution >= 0.6 is 0 Å². The van der Waals surface area contributed by atoms with E-state index >= 15 is 0 Å². The van der Waals surface area contributed by atoms with Crippen LogP contribution in [0.5, 0.6) is 0 Å². The molecule has 0 aliphatic carbocycles. The summed E-state index contributed by atoms with van der Waals surface area (Å²) in [5.41, 5.74) is 0. The SMILES string of the molecule is CCCCCCCCC=CCCCCCCCCCCCCCC(=O)N[C@@H](CO[C@@H]1O[C@H](CO)[C@H](O)[C@H](O)[C@H]1O)[C@H](O)C=CCCCCCCCCCCCCC. The van der Waals surface area contributed by atoms with Crippen LogP contribution in [0, 0.1) is 0 Å². The minimum absolute atomic E-state index is 0.177. The van der Waals surface area contributed by atoms with Crippen molar-refractivity contribution in [1.82, 2.24) is 5.32 Å². The summed E-state index contributed by atoms with van der Waals surface area (Å²) in [7, 11) is 0. The zero-order valence-corrected chi connectivity index (χ0v) is 36.9. The molecule has 0 aromatic carbocycles. The van der Waals surface area contributed by atoms with Gasteiger partial charge in [0.2, 0.25) is 5.91 Å². The molecule has 7 atom stereocenters. The quantitative estimate of drug-likeness (QED) is 0.0265. The average Bonchev–Trinajstić information content (AvgIpc) is 3.21. The molecule has 1 saturated heterocycles. The largest absolute Gasteiger partial charge is 0.394 e. The maximum Gasteiger partial charge on any atom is 0.220 e. The van der Waals surface area contributed by atoms with Gasteiger partial charge < -0.3 is 40.3 Å². The van der Waals surface area contributed by atoms with Crippen LogP contribution in [-0.4, -0.2) is 87.5 Å². The predicted octanol–water partition coefficient (Wildman–Crippen LogP) is 10.3. The molecule has 0 unspecified atom stereocenters. The van der Waals surface area contributed by atoms with Crippen LogP contribution < -0.4 is 5.32 Å². The number of amides is 1. The van der Waals surface area contributed by atoms with Crippen LogP contribution in [0.25, 0.3) is 0 Å². The molecule has 0 spiro atoms. The molecule has 1 rings (SSSR count). The molecule has 0 aromatic heterocycles. The van der Waals surface area contributed by atoms with Gasteiger partial charge in [-0.2, -0.15) is 0 Å². The summed E-state index contributed by atoms with van der Waals surface area (Å²) in [5.74, 6) is -0.177. The van der Waals surface area contributed by atoms with E-state index < -0.39 is 49.5 Å². The third kappa shape index (κ3) is 29.5. The fourth-order valence-corrected chi connectivity index (χ4v) is 7.62. The Labute approximate surface area is 349 Å². The Morgan fingerprint density at radius 3 is 1.42 bits per heavy atom. The number of unbranched alkanes of at least 4 members (excludes halogenated alkanes) is 28. The molecule has 0 bridgehead atoms. The van der Waals surface area contributed by atoms with E-state index in [2.05, 4.69) is 31.3 Å². The minimum Gasteiger partial charge on any atom is -0.394 e. The lowest BCUT2D eigenvalue weighted by molar-refractivity contribution is -0.302. The predicted molar refractivity (Wildman–Crippen MR) is 235 cm³/mol. The summed E-state index contributed by atoms with van der Waals surface area (Å²) in [6.45, 7) is 3.77. The van der Waals surface area contributed by atoms with Crippen molar-refractivity contribution in [2.45, 2.75) is 262 Å². The molecule has 1 fully saturated rings. The van der Waals surface area contributed by atoms with E-state index in [0.717, 1.165) is 38.5 Å². The standard InChI is InChI=1S/C48H91NO8/c1-3-5-7-9-11-13-15-17-18-19-20-21-22-23-24-26-28-30-32-34-36-38-44(52)49-41(40-56-48-47(55)46(54)45(53)43(39-50)57-48)42(51)37-35-33-31-29-27-25-16-14-12-10-8-6-4-2/h17-18,35,37,41-43,45-48,50-51,53-55H,3-16,19-34,36,38-40H2,1-2H3,(H,49,52)/t41-,42+,43+,45-,46-,47+,48+/m0/s1. The Hall–Kier alpha value is -1.33. The van der Waals surface area contributed by atoms with Crippen LogP contribution in [0.1, 0.15) is 219 Å². The summed E-state index contributed by atoms with van der Waals surface area (Å²) in [6.07, 6.45) is 39.3. The monoisotopic (exact) mass is 810 g/mol. The van der Waals surface area contributed by atoms with Gasteiger partial charge in [-0.1, -0.05) is 192 Å². The van der Waals surface area contributed by atoms with Crippen LogP contribution in [-0.2, 0) is 14.3 Å². The van der Waals surface area contributed by atoms with Crippen LogP contribution in [0.15, 0.2) is 24.3 Å². The van der Waals surface area contributed by atoms with Crippen LogP contribution in [0.2, 0.25) is 0 Å². The first-order valence-corrected chi connectivity index (χ1v) is 24.1. The van der Waals surface area contributed by atoms with Gasteiger partial charge in [-0.05, 0) is 44.9 Å². The van der Waals surface area contributed by atoms with Gasteiger partial charge in [0.15, 0.2) is 6.29 Å². The van der Waals surface area contributed by atoms with Gasteiger partial charge in [0, 0.05) is 6.42 Å². The second-order valence-corrected chi connectivity index (χ2v) is 16.9. The molecule has 9 nitrogen and oxygen atoms in total. The molecule has 0 radical (unpaired) electrons. The fraction of sp³-hybridized carbons (Fsp3) is 0.896. The smallest absolute Gasteiger partial charge is 0.220 e. The summed E-state index contributed by atoms with van der Waals surface area (Å²) < 4.78 is 11.2. The number of ether oxygens (including phenoxy) is 2. The first-order chi connectivity index (χ1) is 27.8. The Kier molecular flexibility index (Phi) is 36.6. The lowest BCUT2D eigenvalue weighted by Crippen LogP contribution is -2.60. The number of rotatable bonds is 40. The number of hydrogen-bond donors (Lipinski definition) is 6. The molecule has 1 heterocycles. The van der Waals surface area contributed by atoms with Crippen molar-refractivity contribution in [3.63, 3.8) is 0 Å². The summed E-state index contributed by atoms with van der Waals surface area (Å²) in [6, 6.07) is -0.801. The summed E-state index contributed by atoms with van der Waals surface area (Å²) >= 11 is 0. The Balaban J connectivity index is 2.29. The summed E-state index contributed by atoms with van der Waals surface area (Å²) in [5, 5.41) is 54.2. The third-order valence-electron chi connectivity index (χ3n) is 11.5. The number of aliphatic hydroxyl groups is 5. The first-order valence-electron chi connectivity index (χ1n) is 24.1. The molecule has 1 amide bonds. The molecule has 0 saturated carbocycles. The molecule has 57 heavy (non-hydrogen) atoms. The van der Waals surface area contributed by atoms with Crippen molar-refractivity contribution >= 4 is 5.91 Å². The highest BCUT2D eigenvalue weighted by molar-refractivity contribution is 5.76. The van der Waals surface area contributed by atoms with Gasteiger partial charge in [-0.3, -0.25) is 4.79 Å². The number of allylic oxidation sites excluding steroid dienone is 3. The Morgan fingerprint density at radius 1 is 0.579 bits per heavy atom. The topological polar surface area (TPSA) is 149 Å². The van der Waals surface area contributed by atoms with Gasteiger partial charge in [0.1, 0.15) is 24.4 Å². The number of aliphatic hydroxyl groups excluding tert-OH is 5. The van der Waals surface area contributed by atoms with E-state index in [1.54, 1.807) is 6.08 Å². The van der Waals surface area contributed by atoms with E-state index in [-0.39, 0.29) is 12.5 Å². The lowest BCUT2D eigenvalue weighted by Gasteiger charge is -2.40. The van der Waals surface area contributed by atoms with Gasteiger partial charge >= 0.3 is 0 Å². The van der Waals surface area contributed by atoms with Gasteiger partial charge in [0.05, 0.1) is 25.4 Å². The molecular weight excluding hydrogens is 719 g/mol. The van der Waals surface area contributed by atoms with Gasteiger partial charge in [-0.15, -0.1) is 0 Å². The van der Waals surface area contributed by atoms with Gasteiger partial charge in [-0.25, -0.2) is 0 Å². The van der Waals surface area contributed by atoms with Crippen molar-refractivity contribution in [3.8, 4) is 0 Å². The minimum atomic E-state index is -1.56. The zero-order chi connectivity index (χ0) is 41.6. The Bertz CT molecular complexity index is 945. The molecule has 6 N–H and O–H groups in total. The number of nitrogens with one attached hydrogen (secondary N) is 1. The zero-order valence-electron chi connectivity index (χ0n) is 36.9. The van der Waals surface area contributed by atoms with E-state index in [1.165, 1.54) is 161 Å². The van der Waals surface area contributed by atoms with Gasteiger partial charge in [0.25, 0.3) is 0 Å². The van der Waals surface area contributed by atoms with E-state index in [9.17, 15) is 30.3 Å². The lowest BCUT2D eigenvalue weighted by atomic mass is 9.99. The highest BCUT2D eigenvalue weighted by atomic mass is 16.7. The number of carbonyl (C=O) groups is 1. The van der Waals surface area contributed by atoms with E-state index in [0.29, 0.717) is 6.42 Å². The van der Waals surface area contributed by atoms with Crippen molar-refractivity contribution in [2.75, 3.05) is 13.2 Å². The molecule has 1 aliphatic rings. The van der Waals surface area contributed by atoms with Crippen molar-refractivity contribution in [1.29, 1.82) is 0 Å². The van der Waals surface area contributed by atoms with Crippen molar-refractivity contribution in [3.05, 3.63) is 24.3 Å². The van der Waals surface area contributed by atoms with Crippen molar-refractivity contribution in [2.24, 2.45) is 0 Å². The Morgan fingerprint density at radius 2 is 0.982 bits per heavy atom. The average molecular weight is 810 g/mol. The molecule has 336 valence electrons. The highest BCUT2D eigenvalue weighted by Gasteiger charge is 2.44. The molecular formula is C48H91NO8. The summed E-state index contributed by atoms with van der Waals surface area (Å²) in [4.78, 5) is 13.0. The number of hydrogen-bond acceptors (Lipinski definition) is 8. The molecule has 0 aromatic rings. The van der Waals surface area contributed by atoms with Crippen LogP contribution in [0.3, 0.4) is 0 Å². The van der Waals surface area contributed by atoms with Crippen LogP contribution in [0.4, 0.5) is 0 Å². The normalized spacial score (nSPS) is 21.1. The van der Waals surface area contributed by atoms with E-state index in [1.807, 2.05) is 6.08 Å². The maximum atomic E-state index is 13.0. The first kappa shape index (κ1) is 53.7. The molecule has 1 aliphatic heterocycles. The highest BCUT2D eigenvalue weighted by Crippen LogP contribution is 2.23. The maximum absolute atomic E-state index is 13.0. The second-order valence-electron chi connectivity index (χ2n) is 16.9. The second kappa shape index (κ2) is 38.8. The molecule has 9 heteroatoms.